The summed E-state index contributed by atoms with van der Waals surface area (Å²) in [6.07, 6.45) is 10.3. The maximum Gasteiger partial charge on any atom is 0.129 e. The fraction of sp³-hybridized carbons (Fsp3) is 0.565. The minimum absolute atomic E-state index is 0.0680. The summed E-state index contributed by atoms with van der Waals surface area (Å²) >= 11 is 6.47. The highest BCUT2D eigenvalue weighted by Gasteiger charge is 2.40. The number of halogens is 1. The number of piperidine rings is 1. The minimum Gasteiger partial charge on any atom is -0.381 e. The first-order valence-corrected chi connectivity index (χ1v) is 11.6. The third-order valence-corrected chi connectivity index (χ3v) is 7.20. The predicted molar refractivity (Wildman–Crippen MR) is 123 cm³/mol. The van der Waals surface area contributed by atoms with Crippen LogP contribution >= 0.6 is 11.6 Å². The average Bonchev–Trinajstić information content (AvgIpc) is 3.24. The van der Waals surface area contributed by atoms with Crippen LogP contribution in [0.2, 0.25) is 5.02 Å². The number of methoxy groups -OCH3 is 1. The van der Waals surface area contributed by atoms with Gasteiger partial charge in [0, 0.05) is 52.1 Å². The molecule has 4 atom stereocenters. The van der Waals surface area contributed by atoms with Crippen LogP contribution < -0.4 is 5.32 Å². The molecule has 2 fully saturated rings. The molecule has 0 aromatic carbocycles. The van der Waals surface area contributed by atoms with E-state index in [0.717, 1.165) is 57.1 Å². The van der Waals surface area contributed by atoms with Gasteiger partial charge < -0.3 is 24.8 Å². The Morgan fingerprint density at radius 2 is 2.03 bits per heavy atom. The largest absolute Gasteiger partial charge is 0.381 e. The number of fused-ring (bicyclic) bond motifs is 1. The van der Waals surface area contributed by atoms with Gasteiger partial charge in [-0.15, -0.1) is 0 Å². The molecule has 1 aromatic rings. The first-order chi connectivity index (χ1) is 15.1. The topological polar surface area (TPSA) is 56.2 Å². The van der Waals surface area contributed by atoms with Crippen molar-refractivity contribution in [3.63, 3.8) is 0 Å². The Kier molecular flexibility index (Phi) is 6.01. The van der Waals surface area contributed by atoms with Gasteiger partial charge in [0.15, 0.2) is 0 Å². The second-order valence-corrected chi connectivity index (χ2v) is 9.27. The van der Waals surface area contributed by atoms with E-state index in [0.29, 0.717) is 5.02 Å². The molecule has 1 aromatic heterocycles. The lowest BCUT2D eigenvalue weighted by Crippen LogP contribution is -2.51. The van der Waals surface area contributed by atoms with E-state index in [-0.39, 0.29) is 24.2 Å². The lowest BCUT2D eigenvalue weighted by molar-refractivity contribution is 0.0403. The van der Waals surface area contributed by atoms with Gasteiger partial charge in [0.05, 0.1) is 28.9 Å². The van der Waals surface area contributed by atoms with Gasteiger partial charge in [-0.05, 0) is 44.2 Å². The van der Waals surface area contributed by atoms with Crippen molar-refractivity contribution in [2.45, 2.75) is 37.1 Å². The molecule has 0 radical (unpaired) electrons. The molecule has 0 aliphatic carbocycles. The molecule has 1 unspecified atom stereocenters. The quantitative estimate of drug-likeness (QED) is 0.772. The van der Waals surface area contributed by atoms with Crippen LogP contribution in [-0.4, -0.2) is 90.6 Å². The maximum absolute atomic E-state index is 6.47. The van der Waals surface area contributed by atoms with Crippen molar-refractivity contribution in [1.29, 1.82) is 0 Å². The van der Waals surface area contributed by atoms with Crippen LogP contribution in [0.3, 0.4) is 0 Å². The van der Waals surface area contributed by atoms with Crippen molar-refractivity contribution in [2.75, 3.05) is 46.9 Å². The second kappa shape index (κ2) is 8.90. The van der Waals surface area contributed by atoms with Crippen molar-refractivity contribution in [3.8, 4) is 0 Å². The van der Waals surface area contributed by atoms with Crippen LogP contribution in [0.15, 0.2) is 47.4 Å². The molecule has 0 bridgehead atoms. The van der Waals surface area contributed by atoms with Gasteiger partial charge in [-0.3, -0.25) is 9.98 Å². The molecule has 0 spiro atoms. The maximum atomic E-state index is 6.47. The molecule has 0 saturated carbocycles. The van der Waals surface area contributed by atoms with E-state index >= 15 is 0 Å². The van der Waals surface area contributed by atoms with Gasteiger partial charge >= 0.3 is 0 Å². The first kappa shape index (κ1) is 20.9. The summed E-state index contributed by atoms with van der Waals surface area (Å²) in [6, 6.07) is 4.22. The first-order valence-electron chi connectivity index (χ1n) is 11.2. The Hall–Kier alpha value is -1.93. The molecule has 2 saturated heterocycles. The van der Waals surface area contributed by atoms with Crippen molar-refractivity contribution in [3.05, 3.63) is 53.1 Å². The van der Waals surface area contributed by atoms with Crippen molar-refractivity contribution >= 4 is 17.4 Å². The standard InChI is InChI=1S/C23H31ClN6O/c1-28-9-11-29(12-10-28)22-7-3-6-21-27-20(15-30(21)22)18-13-16(31-2)14-19(26-18)23-17(24)5-4-8-25-23/h3-8,16,18-20,26H,9-15H2,1-2H3/t16-,18+,19-,20?/m0/s1. The molecule has 166 valence electrons. The number of hydrogen-bond acceptors (Lipinski definition) is 7. The van der Waals surface area contributed by atoms with E-state index in [1.165, 1.54) is 5.82 Å². The van der Waals surface area contributed by atoms with E-state index in [1.54, 1.807) is 7.11 Å². The Bertz CT molecular complexity index is 894. The molecule has 5 heterocycles. The summed E-state index contributed by atoms with van der Waals surface area (Å²) in [5.74, 6) is 2.34. The number of ether oxygens (including phenoxy) is 1. The SMILES string of the molecule is CO[C@@H]1C[C@@H](c2ncccc2Cl)N[C@@H](C2CN3C(N4CCN(C)CC4)=CC=CC3=N2)C1. The van der Waals surface area contributed by atoms with Crippen LogP contribution in [0.1, 0.15) is 24.6 Å². The number of allylic oxidation sites excluding steroid dienone is 2. The lowest BCUT2D eigenvalue weighted by atomic mass is 9.90. The van der Waals surface area contributed by atoms with Crippen molar-refractivity contribution in [1.82, 2.24) is 25.0 Å². The molecule has 0 amide bonds. The van der Waals surface area contributed by atoms with Gasteiger partial charge in [-0.1, -0.05) is 17.7 Å². The molecule has 4 aliphatic heterocycles. The average molecular weight is 443 g/mol. The molecule has 8 heteroatoms. The summed E-state index contributed by atoms with van der Waals surface area (Å²) in [5.41, 5.74) is 0.900. The molecule has 31 heavy (non-hydrogen) atoms. The van der Waals surface area contributed by atoms with Crippen LogP contribution in [0.4, 0.5) is 0 Å². The van der Waals surface area contributed by atoms with Crippen LogP contribution in [0.5, 0.6) is 0 Å². The van der Waals surface area contributed by atoms with Crippen LogP contribution in [0.25, 0.3) is 0 Å². The van der Waals surface area contributed by atoms with Gasteiger partial charge in [0.1, 0.15) is 11.7 Å². The zero-order valence-corrected chi connectivity index (χ0v) is 19.0. The van der Waals surface area contributed by atoms with E-state index in [4.69, 9.17) is 21.3 Å². The fourth-order valence-corrected chi connectivity index (χ4v) is 5.34. The highest BCUT2D eigenvalue weighted by molar-refractivity contribution is 6.31. The number of rotatable bonds is 4. The number of amidine groups is 1. The molecular weight excluding hydrogens is 412 g/mol. The Labute approximate surface area is 189 Å². The summed E-state index contributed by atoms with van der Waals surface area (Å²) in [4.78, 5) is 16.9. The summed E-state index contributed by atoms with van der Waals surface area (Å²) < 4.78 is 5.81. The monoisotopic (exact) mass is 442 g/mol. The highest BCUT2D eigenvalue weighted by atomic mass is 35.5. The highest BCUT2D eigenvalue weighted by Crippen LogP contribution is 2.34. The zero-order valence-electron chi connectivity index (χ0n) is 18.2. The van der Waals surface area contributed by atoms with E-state index < -0.39 is 0 Å². The van der Waals surface area contributed by atoms with E-state index in [2.05, 4.69) is 50.3 Å². The number of nitrogens with one attached hydrogen (secondary N) is 1. The van der Waals surface area contributed by atoms with Crippen molar-refractivity contribution in [2.24, 2.45) is 4.99 Å². The molecular formula is C23H31ClN6O. The number of aromatic nitrogens is 1. The number of likely N-dealkylation sites (N-methyl/N-ethyl adjacent to an activating group) is 1. The Balaban J connectivity index is 1.33. The lowest BCUT2D eigenvalue weighted by Gasteiger charge is -2.40. The fourth-order valence-electron chi connectivity index (χ4n) is 5.09. The van der Waals surface area contributed by atoms with E-state index in [1.807, 2.05) is 18.3 Å². The number of nitrogens with zero attached hydrogens (tertiary/aromatic N) is 5. The summed E-state index contributed by atoms with van der Waals surface area (Å²) in [6.45, 7) is 5.18. The third kappa shape index (κ3) is 4.24. The van der Waals surface area contributed by atoms with Crippen LogP contribution in [-0.2, 0) is 4.74 Å². The Morgan fingerprint density at radius 3 is 2.81 bits per heavy atom. The molecule has 1 N–H and O–H groups in total. The molecule has 4 aliphatic rings. The third-order valence-electron chi connectivity index (χ3n) is 6.88. The normalized spacial score (nSPS) is 31.5. The number of pyridine rings is 1. The van der Waals surface area contributed by atoms with Crippen LogP contribution in [0, 0.1) is 0 Å². The smallest absolute Gasteiger partial charge is 0.129 e. The minimum atomic E-state index is 0.0680. The Morgan fingerprint density at radius 1 is 1.19 bits per heavy atom. The number of hydrogen-bond donors (Lipinski definition) is 1. The summed E-state index contributed by atoms with van der Waals surface area (Å²) in [7, 11) is 3.99. The number of aliphatic imine (C=N–C) groups is 1. The predicted octanol–water partition coefficient (Wildman–Crippen LogP) is 2.28. The van der Waals surface area contributed by atoms with Gasteiger partial charge in [-0.2, -0.15) is 0 Å². The van der Waals surface area contributed by atoms with E-state index in [9.17, 15) is 0 Å². The number of piperazine rings is 1. The summed E-state index contributed by atoms with van der Waals surface area (Å²) in [5, 5.41) is 4.50. The molecule has 5 rings (SSSR count). The zero-order chi connectivity index (χ0) is 21.4. The second-order valence-electron chi connectivity index (χ2n) is 8.86. The van der Waals surface area contributed by atoms with Gasteiger partial charge in [0.25, 0.3) is 0 Å². The van der Waals surface area contributed by atoms with Crippen molar-refractivity contribution < 1.29 is 4.74 Å². The van der Waals surface area contributed by atoms with Gasteiger partial charge in [0.2, 0.25) is 0 Å². The van der Waals surface area contributed by atoms with Gasteiger partial charge in [-0.25, -0.2) is 0 Å². The molecule has 7 nitrogen and oxygen atoms in total.